The molecule has 2 rings (SSSR count). The van der Waals surface area contributed by atoms with Gasteiger partial charge in [0.05, 0.1) is 5.56 Å². The van der Waals surface area contributed by atoms with E-state index in [2.05, 4.69) is 11.9 Å². The highest BCUT2D eigenvalue weighted by atomic mass is 19.4. The molecule has 0 radical (unpaired) electrons. The van der Waals surface area contributed by atoms with Crippen LogP contribution in [0.25, 0.3) is 0 Å². The summed E-state index contributed by atoms with van der Waals surface area (Å²) in [6, 6.07) is 4.60. The van der Waals surface area contributed by atoms with E-state index in [1.54, 1.807) is 6.92 Å². The first-order chi connectivity index (χ1) is 9.27. The number of anilines is 1. The van der Waals surface area contributed by atoms with Crippen molar-refractivity contribution < 1.29 is 13.2 Å². The van der Waals surface area contributed by atoms with Crippen LogP contribution in [-0.4, -0.2) is 38.1 Å². The number of benzene rings is 1. The second-order valence-electron chi connectivity index (χ2n) is 5.70. The maximum Gasteiger partial charge on any atom is 0.416 e. The van der Waals surface area contributed by atoms with Crippen LogP contribution in [0, 0.1) is 6.92 Å². The second kappa shape index (κ2) is 5.64. The summed E-state index contributed by atoms with van der Waals surface area (Å²) in [5.41, 5.74) is 0.744. The van der Waals surface area contributed by atoms with Crippen molar-refractivity contribution in [1.82, 2.24) is 4.90 Å². The van der Waals surface area contributed by atoms with Gasteiger partial charge in [-0.15, -0.1) is 0 Å². The molecule has 0 saturated carbocycles. The lowest BCUT2D eigenvalue weighted by atomic mass is 10.0. The van der Waals surface area contributed by atoms with Crippen molar-refractivity contribution in [1.29, 1.82) is 0 Å². The van der Waals surface area contributed by atoms with E-state index in [1.165, 1.54) is 12.1 Å². The topological polar surface area (TPSA) is 6.48 Å². The molecule has 2 nitrogen and oxygen atoms in total. The van der Waals surface area contributed by atoms with Gasteiger partial charge in [-0.1, -0.05) is 0 Å². The third-order valence-corrected chi connectivity index (χ3v) is 4.03. The maximum atomic E-state index is 12.9. The molecule has 1 heterocycles. The minimum absolute atomic E-state index is 0.314. The predicted molar refractivity (Wildman–Crippen MR) is 75.1 cm³/mol. The summed E-state index contributed by atoms with van der Waals surface area (Å²) < 4.78 is 38.6. The molecule has 1 saturated heterocycles. The Morgan fingerprint density at radius 1 is 1.15 bits per heavy atom. The largest absolute Gasteiger partial charge is 0.416 e. The van der Waals surface area contributed by atoms with Crippen molar-refractivity contribution in [2.75, 3.05) is 32.1 Å². The maximum absolute atomic E-state index is 12.9. The van der Waals surface area contributed by atoms with Crippen LogP contribution >= 0.6 is 0 Å². The molecular weight excluding hydrogens is 265 g/mol. The number of piperidine rings is 1. The summed E-state index contributed by atoms with van der Waals surface area (Å²) in [4.78, 5) is 4.25. The molecule has 0 unspecified atom stereocenters. The molecule has 1 aliphatic heterocycles. The van der Waals surface area contributed by atoms with Crippen LogP contribution in [0.2, 0.25) is 0 Å². The summed E-state index contributed by atoms with van der Waals surface area (Å²) in [6.07, 6.45) is -2.31. The number of likely N-dealkylation sites (tertiary alicyclic amines) is 1. The van der Waals surface area contributed by atoms with Gasteiger partial charge in [0.1, 0.15) is 0 Å². The first kappa shape index (κ1) is 15.2. The molecule has 0 N–H and O–H groups in total. The third-order valence-electron chi connectivity index (χ3n) is 4.03. The number of aryl methyl sites for hydroxylation is 1. The lowest BCUT2D eigenvalue weighted by Crippen LogP contribution is -2.42. The van der Waals surface area contributed by atoms with E-state index in [0.717, 1.165) is 25.9 Å². The number of hydrogen-bond donors (Lipinski definition) is 0. The molecule has 0 spiro atoms. The quantitative estimate of drug-likeness (QED) is 0.820. The van der Waals surface area contributed by atoms with Gasteiger partial charge in [0.2, 0.25) is 0 Å². The van der Waals surface area contributed by atoms with Crippen molar-refractivity contribution in [2.24, 2.45) is 0 Å². The van der Waals surface area contributed by atoms with E-state index in [1.807, 2.05) is 18.0 Å². The van der Waals surface area contributed by atoms with Gasteiger partial charge >= 0.3 is 6.18 Å². The molecule has 1 aromatic rings. The van der Waals surface area contributed by atoms with Crippen molar-refractivity contribution in [3.63, 3.8) is 0 Å². The minimum atomic E-state index is -4.28. The number of halogens is 3. The predicted octanol–water partition coefficient (Wildman–Crippen LogP) is 3.54. The zero-order valence-corrected chi connectivity index (χ0v) is 12.2. The Labute approximate surface area is 118 Å². The molecule has 1 fully saturated rings. The molecule has 112 valence electrons. The van der Waals surface area contributed by atoms with Gasteiger partial charge in [0, 0.05) is 18.8 Å². The van der Waals surface area contributed by atoms with E-state index in [0.29, 0.717) is 17.3 Å². The lowest BCUT2D eigenvalue weighted by Gasteiger charge is -2.36. The van der Waals surface area contributed by atoms with Crippen LogP contribution in [0.4, 0.5) is 18.9 Å². The summed E-state index contributed by atoms with van der Waals surface area (Å²) >= 11 is 0. The van der Waals surface area contributed by atoms with Gasteiger partial charge in [-0.25, -0.2) is 0 Å². The van der Waals surface area contributed by atoms with E-state index in [-0.39, 0.29) is 0 Å². The highest BCUT2D eigenvalue weighted by molar-refractivity contribution is 5.52. The molecule has 1 aliphatic rings. The smallest absolute Gasteiger partial charge is 0.371 e. The highest BCUT2D eigenvalue weighted by Crippen LogP contribution is 2.33. The van der Waals surface area contributed by atoms with Crippen LogP contribution in [0.1, 0.15) is 24.0 Å². The van der Waals surface area contributed by atoms with Crippen LogP contribution in [0.5, 0.6) is 0 Å². The van der Waals surface area contributed by atoms with Crippen LogP contribution < -0.4 is 4.90 Å². The Bertz CT molecular complexity index is 463. The summed E-state index contributed by atoms with van der Waals surface area (Å²) in [5.74, 6) is 0. The van der Waals surface area contributed by atoms with E-state index in [4.69, 9.17) is 0 Å². The zero-order valence-electron chi connectivity index (χ0n) is 12.2. The van der Waals surface area contributed by atoms with Crippen molar-refractivity contribution in [2.45, 2.75) is 32.0 Å². The summed E-state index contributed by atoms with van der Waals surface area (Å²) in [5, 5.41) is 0. The van der Waals surface area contributed by atoms with E-state index < -0.39 is 11.7 Å². The Hall–Kier alpha value is -1.23. The number of hydrogen-bond acceptors (Lipinski definition) is 2. The number of nitrogens with zero attached hydrogens (tertiary/aromatic N) is 2. The summed E-state index contributed by atoms with van der Waals surface area (Å²) in [7, 11) is 3.97. The number of alkyl halides is 3. The highest BCUT2D eigenvalue weighted by Gasteiger charge is 2.31. The molecule has 1 aromatic carbocycles. The van der Waals surface area contributed by atoms with Gasteiger partial charge < -0.3 is 9.80 Å². The van der Waals surface area contributed by atoms with Crippen LogP contribution in [-0.2, 0) is 6.18 Å². The zero-order chi connectivity index (χ0) is 14.9. The van der Waals surface area contributed by atoms with E-state index in [9.17, 15) is 13.2 Å². The molecule has 0 aromatic heterocycles. The molecule has 5 heteroatoms. The standard InChI is InChI=1S/C15H21F3N2/c1-11-8-12(15(16,17)18)10-14(9-11)20(3)13-4-6-19(2)7-5-13/h8-10,13H,4-7H2,1-3H3. The Morgan fingerprint density at radius 2 is 1.75 bits per heavy atom. The third kappa shape index (κ3) is 3.45. The Morgan fingerprint density at radius 3 is 2.30 bits per heavy atom. The van der Waals surface area contributed by atoms with Gasteiger partial charge in [0.25, 0.3) is 0 Å². The fourth-order valence-electron chi connectivity index (χ4n) is 2.72. The van der Waals surface area contributed by atoms with Crippen molar-refractivity contribution in [3.8, 4) is 0 Å². The van der Waals surface area contributed by atoms with Gasteiger partial charge in [0.15, 0.2) is 0 Å². The molecule has 0 aliphatic carbocycles. The SMILES string of the molecule is Cc1cc(N(C)C2CCN(C)CC2)cc(C(F)(F)F)c1. The average molecular weight is 286 g/mol. The molecule has 0 bridgehead atoms. The van der Waals surface area contributed by atoms with Crippen molar-refractivity contribution in [3.05, 3.63) is 29.3 Å². The Balaban J connectivity index is 2.21. The van der Waals surface area contributed by atoms with Gasteiger partial charge in [-0.2, -0.15) is 13.2 Å². The first-order valence-corrected chi connectivity index (χ1v) is 6.87. The molecule has 0 atom stereocenters. The fourth-order valence-corrected chi connectivity index (χ4v) is 2.72. The minimum Gasteiger partial charge on any atom is -0.371 e. The number of rotatable bonds is 2. The first-order valence-electron chi connectivity index (χ1n) is 6.87. The lowest BCUT2D eigenvalue weighted by molar-refractivity contribution is -0.137. The molecule has 20 heavy (non-hydrogen) atoms. The van der Waals surface area contributed by atoms with Crippen LogP contribution in [0.3, 0.4) is 0 Å². The van der Waals surface area contributed by atoms with Gasteiger partial charge in [-0.3, -0.25) is 0 Å². The normalized spacial score (nSPS) is 18.3. The van der Waals surface area contributed by atoms with Crippen molar-refractivity contribution >= 4 is 5.69 Å². The molecular formula is C15H21F3N2. The average Bonchev–Trinajstić information content (AvgIpc) is 2.37. The van der Waals surface area contributed by atoms with Crippen LogP contribution in [0.15, 0.2) is 18.2 Å². The Kier molecular flexibility index (Phi) is 4.28. The summed E-state index contributed by atoms with van der Waals surface area (Å²) in [6.45, 7) is 3.70. The fraction of sp³-hybridized carbons (Fsp3) is 0.600. The molecule has 0 amide bonds. The monoisotopic (exact) mass is 286 g/mol. The van der Waals surface area contributed by atoms with Gasteiger partial charge in [-0.05, 0) is 63.7 Å². The van der Waals surface area contributed by atoms with E-state index >= 15 is 0 Å². The second-order valence-corrected chi connectivity index (χ2v) is 5.70.